The van der Waals surface area contributed by atoms with Crippen molar-refractivity contribution in [1.82, 2.24) is 0 Å². The fourth-order valence-corrected chi connectivity index (χ4v) is 7.32. The fraction of sp³-hybridized carbons (Fsp3) is 0.308. The fourth-order valence-electron chi connectivity index (χ4n) is 4.08. The molecule has 0 nitrogen and oxygen atoms in total. The molecular formula is C26H34Cl2Si2Zr2. The van der Waals surface area contributed by atoms with Gasteiger partial charge in [0.15, 0.2) is 0 Å². The van der Waals surface area contributed by atoms with Crippen LogP contribution in [0.1, 0.15) is 11.1 Å². The van der Waals surface area contributed by atoms with Crippen molar-refractivity contribution in [2.45, 2.75) is 53.1 Å². The maximum atomic E-state index is 2.41. The summed E-state index contributed by atoms with van der Waals surface area (Å²) in [7, 11) is -2.37. The van der Waals surface area contributed by atoms with Gasteiger partial charge in [0, 0.05) is 0 Å². The van der Waals surface area contributed by atoms with Gasteiger partial charge in [-0.2, -0.15) is 22.9 Å². The molecule has 0 unspecified atom stereocenters. The molecule has 4 aromatic rings. The molecule has 0 aromatic heterocycles. The molecule has 0 saturated carbocycles. The van der Waals surface area contributed by atoms with Crippen LogP contribution < -0.4 is 35.2 Å². The number of benzene rings is 2. The summed E-state index contributed by atoms with van der Waals surface area (Å²) in [6.07, 6.45) is 0. The van der Waals surface area contributed by atoms with E-state index in [9.17, 15) is 0 Å². The molecule has 168 valence electrons. The number of hydrogen-bond acceptors (Lipinski definition) is 0. The Balaban J connectivity index is 0. The van der Waals surface area contributed by atoms with Crippen molar-refractivity contribution in [3.63, 3.8) is 0 Å². The van der Waals surface area contributed by atoms with E-state index in [1.165, 1.54) is 32.7 Å². The SMILES string of the molecule is Cc1cc2c([Si](C)(C)C)cccc2[cH-]1.Cc1cc2c([Si](C)(C)C)cccc2[cH-]1.[Cl-].[Cl-].[Zr+2].[Zr+2]. The van der Waals surface area contributed by atoms with Crippen LogP contribution >= 0.6 is 0 Å². The van der Waals surface area contributed by atoms with E-state index in [1.54, 1.807) is 10.4 Å². The van der Waals surface area contributed by atoms with Crippen molar-refractivity contribution in [2.75, 3.05) is 0 Å². The van der Waals surface area contributed by atoms with Crippen molar-refractivity contribution in [3.8, 4) is 0 Å². The molecule has 0 fully saturated rings. The second-order valence-corrected chi connectivity index (χ2v) is 20.3. The Bertz CT molecular complexity index is 1030. The van der Waals surface area contributed by atoms with E-state index in [1.807, 2.05) is 0 Å². The van der Waals surface area contributed by atoms with Crippen LogP contribution in [0.4, 0.5) is 0 Å². The molecule has 0 radical (unpaired) electrons. The average Bonchev–Trinajstić information content (AvgIpc) is 3.12. The number of fused-ring (bicyclic) bond motifs is 2. The number of halogens is 2. The smallest absolute Gasteiger partial charge is 1.00 e. The van der Waals surface area contributed by atoms with E-state index in [0.29, 0.717) is 0 Å². The zero-order chi connectivity index (χ0) is 20.7. The third-order valence-electron chi connectivity index (χ3n) is 5.41. The van der Waals surface area contributed by atoms with Gasteiger partial charge in [-0.25, -0.2) is 0 Å². The summed E-state index contributed by atoms with van der Waals surface area (Å²) in [5, 5.41) is 8.93. The molecule has 6 heteroatoms. The molecule has 0 bridgehead atoms. The van der Waals surface area contributed by atoms with Gasteiger partial charge in [0.25, 0.3) is 0 Å². The quantitative estimate of drug-likeness (QED) is 0.222. The van der Waals surface area contributed by atoms with E-state index in [-0.39, 0.29) is 77.2 Å². The number of rotatable bonds is 2. The van der Waals surface area contributed by atoms with Gasteiger partial charge in [0.1, 0.15) is 0 Å². The van der Waals surface area contributed by atoms with Gasteiger partial charge in [-0.15, -0.1) is 68.7 Å². The first-order valence-corrected chi connectivity index (χ1v) is 17.3. The third kappa shape index (κ3) is 8.28. The molecule has 0 aliphatic heterocycles. The van der Waals surface area contributed by atoms with Crippen LogP contribution in [0.15, 0.2) is 60.7 Å². The largest absolute Gasteiger partial charge is 2.00 e. The van der Waals surface area contributed by atoms with Crippen molar-refractivity contribution in [1.29, 1.82) is 0 Å². The summed E-state index contributed by atoms with van der Waals surface area (Å²) in [4.78, 5) is 0. The summed E-state index contributed by atoms with van der Waals surface area (Å²) in [6.45, 7) is 18.8. The van der Waals surface area contributed by atoms with E-state index < -0.39 is 16.1 Å². The van der Waals surface area contributed by atoms with Crippen LogP contribution in [0.3, 0.4) is 0 Å². The molecule has 0 aliphatic rings. The Hall–Kier alpha value is 0.440. The van der Waals surface area contributed by atoms with Crippen LogP contribution in [0.5, 0.6) is 0 Å². The summed E-state index contributed by atoms with van der Waals surface area (Å²) < 4.78 is 0. The van der Waals surface area contributed by atoms with Crippen molar-refractivity contribution < 1.29 is 77.2 Å². The van der Waals surface area contributed by atoms with Gasteiger partial charge in [-0.1, -0.05) is 65.3 Å². The first-order valence-electron chi connectivity index (χ1n) is 10.3. The molecule has 0 spiro atoms. The van der Waals surface area contributed by atoms with Crippen LogP contribution in [-0.4, -0.2) is 16.1 Å². The molecule has 4 rings (SSSR count). The molecule has 0 aliphatic carbocycles. The predicted molar refractivity (Wildman–Crippen MR) is 135 cm³/mol. The van der Waals surface area contributed by atoms with Crippen LogP contribution in [-0.2, 0) is 52.4 Å². The van der Waals surface area contributed by atoms with E-state index in [4.69, 9.17) is 0 Å². The van der Waals surface area contributed by atoms with Gasteiger partial charge in [0.2, 0.25) is 0 Å². The Morgan fingerprint density at radius 2 is 0.875 bits per heavy atom. The van der Waals surface area contributed by atoms with Crippen molar-refractivity contribution in [3.05, 3.63) is 71.8 Å². The minimum absolute atomic E-state index is 0. The summed E-state index contributed by atoms with van der Waals surface area (Å²) in [5.74, 6) is 0. The average molecular weight is 656 g/mol. The maximum Gasteiger partial charge on any atom is 2.00 e. The van der Waals surface area contributed by atoms with Crippen LogP contribution in [0, 0.1) is 13.8 Å². The van der Waals surface area contributed by atoms with E-state index in [0.717, 1.165) is 0 Å². The second-order valence-electron chi connectivity index (χ2n) is 10.2. The van der Waals surface area contributed by atoms with Gasteiger partial charge < -0.3 is 24.8 Å². The Labute approximate surface area is 247 Å². The second kappa shape index (κ2) is 13.5. The number of hydrogen-bond donors (Lipinski definition) is 0. The van der Waals surface area contributed by atoms with Gasteiger partial charge in [-0.3, -0.25) is 0 Å². The summed E-state index contributed by atoms with van der Waals surface area (Å²) >= 11 is 0. The third-order valence-corrected chi connectivity index (χ3v) is 9.51. The van der Waals surface area contributed by atoms with Crippen molar-refractivity contribution in [2.24, 2.45) is 0 Å². The first-order chi connectivity index (χ1) is 13.0. The molecule has 0 saturated heterocycles. The van der Waals surface area contributed by atoms with Crippen molar-refractivity contribution >= 4 is 48.1 Å². The molecule has 0 heterocycles. The summed E-state index contributed by atoms with van der Waals surface area (Å²) in [5.41, 5.74) is 2.76. The van der Waals surface area contributed by atoms with Crippen LogP contribution in [0.2, 0.25) is 39.3 Å². The molecule has 4 aromatic carbocycles. The molecule has 0 atom stereocenters. The first kappa shape index (κ1) is 34.6. The topological polar surface area (TPSA) is 0 Å². The molecule has 0 N–H and O–H groups in total. The van der Waals surface area contributed by atoms with Gasteiger partial charge in [0.05, 0.1) is 16.1 Å². The van der Waals surface area contributed by atoms with Crippen LogP contribution in [0.25, 0.3) is 21.5 Å². The Morgan fingerprint density at radius 1 is 0.562 bits per heavy atom. The molecular weight excluding hydrogens is 622 g/mol. The van der Waals surface area contributed by atoms with E-state index in [2.05, 4.69) is 114 Å². The standard InChI is InChI=1S/2C13H17Si.2ClH.2Zr/c2*1-10-8-11-6-5-7-13(12(11)9-10)14(2,3)4;;;;/h2*5-9H,1-4H3;2*1H;;/q2*-1;;;2*+2/p-2. The normalized spacial score (nSPS) is 10.8. The van der Waals surface area contributed by atoms with Gasteiger partial charge in [-0.05, 0) is 0 Å². The van der Waals surface area contributed by atoms with E-state index >= 15 is 0 Å². The minimum atomic E-state index is -1.18. The van der Waals surface area contributed by atoms with Gasteiger partial charge >= 0.3 is 52.4 Å². The zero-order valence-corrected chi connectivity index (χ0v) is 29.0. The number of aryl methyl sites for hydroxylation is 2. The monoisotopic (exact) mass is 652 g/mol. The molecule has 32 heavy (non-hydrogen) atoms. The zero-order valence-electron chi connectivity index (χ0n) is 20.5. The Kier molecular flexibility index (Phi) is 14.6. The maximum absolute atomic E-state index is 2.41. The minimum Gasteiger partial charge on any atom is -1.00 e. The predicted octanol–water partition coefficient (Wildman–Crippen LogP) is 0.828. The Morgan fingerprint density at radius 3 is 1.16 bits per heavy atom. The summed E-state index contributed by atoms with van der Waals surface area (Å²) in [6, 6.07) is 22.6. The molecule has 0 amide bonds.